The molecule has 3 nitrogen and oxygen atoms in total. The summed E-state index contributed by atoms with van der Waals surface area (Å²) < 4.78 is 40.5. The van der Waals surface area contributed by atoms with Crippen LogP contribution in [0.5, 0.6) is 0 Å². The third kappa shape index (κ3) is 2.84. The molecule has 0 saturated heterocycles. The minimum atomic E-state index is -4.40. The lowest BCUT2D eigenvalue weighted by Gasteiger charge is -2.13. The molecule has 0 fully saturated rings. The van der Waals surface area contributed by atoms with E-state index in [9.17, 15) is 13.2 Å². The molecule has 0 unspecified atom stereocenters. The number of nitrogens with one attached hydrogen (secondary N) is 1. The molecule has 0 atom stereocenters. The predicted molar refractivity (Wildman–Crippen MR) is 65.6 cm³/mol. The summed E-state index contributed by atoms with van der Waals surface area (Å²) in [6.07, 6.45) is -2.76. The van der Waals surface area contributed by atoms with Crippen LogP contribution in [0.2, 0.25) is 0 Å². The summed E-state index contributed by atoms with van der Waals surface area (Å²) in [6, 6.07) is 5.35. The van der Waals surface area contributed by atoms with Crippen molar-refractivity contribution in [1.29, 1.82) is 0 Å². The summed E-state index contributed by atoms with van der Waals surface area (Å²) in [4.78, 5) is 0. The smallest absolute Gasteiger partial charge is 0.338 e. The fourth-order valence-corrected chi connectivity index (χ4v) is 1.85. The molecule has 0 amide bonds. The minimum absolute atomic E-state index is 0.0319. The zero-order valence-electron chi connectivity index (χ0n) is 9.29. The average molecular weight is 320 g/mol. The summed E-state index contributed by atoms with van der Waals surface area (Å²) in [5.41, 5.74) is -0.757. The fraction of sp³-hybridized carbons (Fsp3) is 0.182. The number of nitrogens with zero attached hydrogens (tertiary/aromatic N) is 2. The number of halogens is 4. The van der Waals surface area contributed by atoms with Crippen LogP contribution in [0, 0.1) is 0 Å². The lowest BCUT2D eigenvalue weighted by Crippen LogP contribution is -2.09. The summed E-state index contributed by atoms with van der Waals surface area (Å²) in [6.45, 7) is 0. The number of rotatable bonds is 2. The first kappa shape index (κ1) is 12.9. The van der Waals surface area contributed by atoms with Gasteiger partial charge >= 0.3 is 6.18 Å². The van der Waals surface area contributed by atoms with Gasteiger partial charge in [0.2, 0.25) is 0 Å². The largest absolute Gasteiger partial charge is 0.418 e. The summed E-state index contributed by atoms with van der Waals surface area (Å²) >= 11 is 3.15. The van der Waals surface area contributed by atoms with Gasteiger partial charge in [-0.15, -0.1) is 0 Å². The molecule has 1 aromatic heterocycles. The summed E-state index contributed by atoms with van der Waals surface area (Å²) in [7, 11) is 1.69. The highest BCUT2D eigenvalue weighted by Crippen LogP contribution is 2.37. The van der Waals surface area contributed by atoms with Gasteiger partial charge in [-0.25, -0.2) is 0 Å². The molecule has 0 aliphatic heterocycles. The van der Waals surface area contributed by atoms with Crippen LogP contribution in [0.15, 0.2) is 34.9 Å². The first-order valence-corrected chi connectivity index (χ1v) is 5.79. The number of alkyl halides is 3. The van der Waals surface area contributed by atoms with Crippen molar-refractivity contribution in [2.24, 2.45) is 7.05 Å². The second-order valence-corrected chi connectivity index (χ2v) is 4.60. The highest BCUT2D eigenvalue weighted by atomic mass is 79.9. The summed E-state index contributed by atoms with van der Waals surface area (Å²) in [5.74, 6) is 0.362. The lowest BCUT2D eigenvalue weighted by molar-refractivity contribution is -0.136. The van der Waals surface area contributed by atoms with Gasteiger partial charge in [0.15, 0.2) is 5.82 Å². The van der Waals surface area contributed by atoms with E-state index in [-0.39, 0.29) is 5.69 Å². The Kier molecular flexibility index (Phi) is 3.34. The molecule has 7 heteroatoms. The lowest BCUT2D eigenvalue weighted by atomic mass is 10.1. The molecule has 0 spiro atoms. The molecule has 1 N–H and O–H groups in total. The standard InChI is InChI=1S/C11H9BrF3N3/c1-18-5-4-10(17-18)16-9-6-7(12)2-3-8(9)11(13,14)15/h2-6H,1H3,(H,16,17). The van der Waals surface area contributed by atoms with Crippen LogP contribution in [-0.4, -0.2) is 9.78 Å². The molecule has 1 heterocycles. The number of aryl methyl sites for hydroxylation is 1. The van der Waals surface area contributed by atoms with Crippen molar-refractivity contribution >= 4 is 27.4 Å². The SMILES string of the molecule is Cn1ccc(Nc2cc(Br)ccc2C(F)(F)F)n1. The van der Waals surface area contributed by atoms with E-state index in [2.05, 4.69) is 26.3 Å². The van der Waals surface area contributed by atoms with Gasteiger partial charge in [-0.05, 0) is 18.2 Å². The van der Waals surface area contributed by atoms with Crippen LogP contribution in [-0.2, 0) is 13.2 Å². The Bertz CT molecular complexity index is 563. The topological polar surface area (TPSA) is 29.9 Å². The molecule has 0 saturated carbocycles. The van der Waals surface area contributed by atoms with Crippen molar-refractivity contribution in [3.63, 3.8) is 0 Å². The van der Waals surface area contributed by atoms with Gasteiger partial charge < -0.3 is 5.32 Å². The Labute approximate surface area is 110 Å². The Morgan fingerprint density at radius 3 is 2.56 bits per heavy atom. The van der Waals surface area contributed by atoms with Crippen LogP contribution < -0.4 is 5.32 Å². The van der Waals surface area contributed by atoms with Crippen molar-refractivity contribution in [3.05, 3.63) is 40.5 Å². The Hall–Kier alpha value is -1.50. The van der Waals surface area contributed by atoms with Gasteiger partial charge in [-0.3, -0.25) is 4.68 Å². The van der Waals surface area contributed by atoms with Crippen molar-refractivity contribution in [2.45, 2.75) is 6.18 Å². The Morgan fingerprint density at radius 2 is 2.00 bits per heavy atom. The number of aromatic nitrogens is 2. The van der Waals surface area contributed by atoms with Crippen LogP contribution in [0.4, 0.5) is 24.7 Å². The molecule has 18 heavy (non-hydrogen) atoms. The van der Waals surface area contributed by atoms with Crippen LogP contribution in [0.3, 0.4) is 0 Å². The number of hydrogen-bond donors (Lipinski definition) is 1. The van der Waals surface area contributed by atoms with Gasteiger partial charge in [0.25, 0.3) is 0 Å². The van der Waals surface area contributed by atoms with Gasteiger partial charge in [0.1, 0.15) is 0 Å². The van der Waals surface area contributed by atoms with E-state index in [1.807, 2.05) is 0 Å². The van der Waals surface area contributed by atoms with Crippen LogP contribution >= 0.6 is 15.9 Å². The van der Waals surface area contributed by atoms with E-state index in [1.54, 1.807) is 19.3 Å². The van der Waals surface area contributed by atoms with Crippen molar-refractivity contribution in [1.82, 2.24) is 9.78 Å². The molecular weight excluding hydrogens is 311 g/mol. The normalized spacial score (nSPS) is 11.6. The molecule has 0 aliphatic rings. The van der Waals surface area contributed by atoms with Crippen molar-refractivity contribution < 1.29 is 13.2 Å². The molecule has 0 bridgehead atoms. The molecule has 2 aromatic rings. The molecular formula is C11H9BrF3N3. The van der Waals surface area contributed by atoms with E-state index in [4.69, 9.17) is 0 Å². The minimum Gasteiger partial charge on any atom is -0.338 e. The third-order valence-corrected chi connectivity index (χ3v) is 2.76. The maximum atomic E-state index is 12.8. The van der Waals surface area contributed by atoms with E-state index in [0.29, 0.717) is 10.3 Å². The van der Waals surface area contributed by atoms with E-state index in [1.165, 1.54) is 16.8 Å². The van der Waals surface area contributed by atoms with Gasteiger partial charge in [0, 0.05) is 23.8 Å². The van der Waals surface area contributed by atoms with Crippen molar-refractivity contribution in [2.75, 3.05) is 5.32 Å². The zero-order chi connectivity index (χ0) is 13.3. The number of anilines is 2. The highest BCUT2D eigenvalue weighted by molar-refractivity contribution is 9.10. The Balaban J connectivity index is 2.39. The second kappa shape index (κ2) is 4.64. The maximum Gasteiger partial charge on any atom is 0.418 e. The van der Waals surface area contributed by atoms with E-state index < -0.39 is 11.7 Å². The number of hydrogen-bond acceptors (Lipinski definition) is 2. The first-order valence-electron chi connectivity index (χ1n) is 4.99. The second-order valence-electron chi connectivity index (χ2n) is 3.69. The molecule has 1 aromatic carbocycles. The summed E-state index contributed by atoms with van der Waals surface area (Å²) in [5, 5.41) is 6.64. The quantitative estimate of drug-likeness (QED) is 0.908. The highest BCUT2D eigenvalue weighted by Gasteiger charge is 2.33. The molecule has 96 valence electrons. The number of benzene rings is 1. The maximum absolute atomic E-state index is 12.8. The van der Waals surface area contributed by atoms with Gasteiger partial charge in [-0.1, -0.05) is 15.9 Å². The predicted octanol–water partition coefficient (Wildman–Crippen LogP) is 3.95. The van der Waals surface area contributed by atoms with Gasteiger partial charge in [0.05, 0.1) is 11.3 Å². The monoisotopic (exact) mass is 319 g/mol. The van der Waals surface area contributed by atoms with Crippen molar-refractivity contribution in [3.8, 4) is 0 Å². The van der Waals surface area contributed by atoms with Gasteiger partial charge in [-0.2, -0.15) is 18.3 Å². The third-order valence-electron chi connectivity index (χ3n) is 2.26. The first-order chi connectivity index (χ1) is 8.36. The van der Waals surface area contributed by atoms with E-state index in [0.717, 1.165) is 6.07 Å². The molecule has 0 radical (unpaired) electrons. The van der Waals surface area contributed by atoms with Crippen LogP contribution in [0.1, 0.15) is 5.56 Å². The zero-order valence-corrected chi connectivity index (χ0v) is 10.9. The average Bonchev–Trinajstić information content (AvgIpc) is 2.62. The fourth-order valence-electron chi connectivity index (χ4n) is 1.49. The van der Waals surface area contributed by atoms with E-state index >= 15 is 0 Å². The molecule has 0 aliphatic carbocycles. The molecule has 2 rings (SSSR count). The van der Waals surface area contributed by atoms with Crippen LogP contribution in [0.25, 0.3) is 0 Å². The Morgan fingerprint density at radius 1 is 1.28 bits per heavy atom.